The fraction of sp³-hybridized carbons (Fsp3) is 0.231. The van der Waals surface area contributed by atoms with Gasteiger partial charge in [-0.25, -0.2) is 4.68 Å². The van der Waals surface area contributed by atoms with Crippen molar-refractivity contribution in [2.24, 2.45) is 7.05 Å². The first-order valence-corrected chi connectivity index (χ1v) is 13.4. The molecule has 1 atom stereocenters. The number of nitrogens with one attached hydrogen (secondary N) is 1. The number of anilines is 1. The summed E-state index contributed by atoms with van der Waals surface area (Å²) in [5.41, 5.74) is 1.27. The summed E-state index contributed by atoms with van der Waals surface area (Å²) in [7, 11) is 1.77. The van der Waals surface area contributed by atoms with Gasteiger partial charge in [-0.2, -0.15) is 0 Å². The molecule has 2 aromatic heterocycles. The summed E-state index contributed by atoms with van der Waals surface area (Å²) in [4.78, 5) is 25.9. The molecular formula is C26H26Cl2N6O3S. The van der Waals surface area contributed by atoms with Gasteiger partial charge in [0.05, 0.1) is 22.2 Å². The Balaban J connectivity index is 1.48. The molecule has 4 rings (SSSR count). The number of ether oxygens (including phenoxy) is 1. The van der Waals surface area contributed by atoms with Gasteiger partial charge in [-0.3, -0.25) is 18.8 Å². The zero-order chi connectivity index (χ0) is 27.4. The van der Waals surface area contributed by atoms with E-state index in [-0.39, 0.29) is 22.9 Å². The summed E-state index contributed by atoms with van der Waals surface area (Å²) in [6.07, 6.45) is 1.21. The molecule has 0 saturated carbocycles. The summed E-state index contributed by atoms with van der Waals surface area (Å²) >= 11 is 13.4. The fourth-order valence-corrected chi connectivity index (χ4v) is 5.05. The number of para-hydroxylation sites is 1. The lowest BCUT2D eigenvalue weighted by molar-refractivity contribution is -0.113. The third kappa shape index (κ3) is 5.82. The molecule has 4 aromatic rings. The van der Waals surface area contributed by atoms with Crippen molar-refractivity contribution in [1.29, 1.82) is 0 Å². The average Bonchev–Trinajstić information content (AvgIpc) is 3.39. The molecule has 0 spiro atoms. The molecule has 1 amide bonds. The molecule has 0 radical (unpaired) electrons. The largest absolute Gasteiger partial charge is 0.481 e. The van der Waals surface area contributed by atoms with Gasteiger partial charge in [0.25, 0.3) is 5.56 Å². The summed E-state index contributed by atoms with van der Waals surface area (Å²) < 4.78 is 11.0. The highest BCUT2D eigenvalue weighted by atomic mass is 35.5. The number of rotatable bonds is 10. The Labute approximate surface area is 234 Å². The molecule has 1 unspecified atom stereocenters. The minimum absolute atomic E-state index is 0.0205. The third-order valence-electron chi connectivity index (χ3n) is 5.77. The lowest BCUT2D eigenvalue weighted by Gasteiger charge is -2.16. The van der Waals surface area contributed by atoms with Crippen molar-refractivity contribution in [2.75, 3.05) is 11.1 Å². The van der Waals surface area contributed by atoms with Crippen LogP contribution in [-0.4, -0.2) is 35.8 Å². The number of benzene rings is 2. The number of hydrogen-bond donors (Lipinski definition) is 1. The van der Waals surface area contributed by atoms with Crippen LogP contribution >= 0.6 is 35.0 Å². The van der Waals surface area contributed by atoms with Gasteiger partial charge in [-0.1, -0.05) is 59.2 Å². The highest BCUT2D eigenvalue weighted by Gasteiger charge is 2.22. The number of thioether (sulfide) groups is 1. The minimum atomic E-state index is -0.493. The lowest BCUT2D eigenvalue weighted by atomic mass is 10.3. The van der Waals surface area contributed by atoms with Crippen LogP contribution in [0.3, 0.4) is 0 Å². The quantitative estimate of drug-likeness (QED) is 0.201. The molecular weight excluding hydrogens is 547 g/mol. The maximum absolute atomic E-state index is 13.1. The second-order valence-corrected chi connectivity index (χ2v) is 10.1. The van der Waals surface area contributed by atoms with Crippen LogP contribution in [0, 0.1) is 6.92 Å². The molecule has 198 valence electrons. The van der Waals surface area contributed by atoms with E-state index in [1.807, 2.05) is 41.8 Å². The van der Waals surface area contributed by atoms with Crippen molar-refractivity contribution in [3.63, 3.8) is 0 Å². The van der Waals surface area contributed by atoms with E-state index >= 15 is 0 Å². The zero-order valence-electron chi connectivity index (χ0n) is 21.0. The number of carbonyl (C=O) groups is 1. The first kappa shape index (κ1) is 27.6. The van der Waals surface area contributed by atoms with Gasteiger partial charge in [0.2, 0.25) is 5.91 Å². The Morgan fingerprint density at radius 2 is 1.95 bits per heavy atom. The van der Waals surface area contributed by atoms with Crippen molar-refractivity contribution in [3.8, 4) is 11.4 Å². The normalized spacial score (nSPS) is 11.8. The number of amides is 1. The van der Waals surface area contributed by atoms with E-state index in [1.165, 1.54) is 16.4 Å². The second kappa shape index (κ2) is 11.9. The molecule has 9 nitrogen and oxygen atoms in total. The molecule has 1 N–H and O–H groups in total. The van der Waals surface area contributed by atoms with Crippen molar-refractivity contribution in [3.05, 3.63) is 93.1 Å². The average molecular weight is 574 g/mol. The smallest absolute Gasteiger partial charge is 0.295 e. The van der Waals surface area contributed by atoms with Crippen molar-refractivity contribution < 1.29 is 9.53 Å². The third-order valence-corrected chi connectivity index (χ3v) is 7.27. The van der Waals surface area contributed by atoms with E-state index in [9.17, 15) is 9.59 Å². The zero-order valence-corrected chi connectivity index (χ0v) is 23.3. The molecule has 0 fully saturated rings. The number of aromatic nitrogens is 5. The Morgan fingerprint density at radius 3 is 2.63 bits per heavy atom. The lowest BCUT2D eigenvalue weighted by Crippen LogP contribution is -2.23. The van der Waals surface area contributed by atoms with Crippen molar-refractivity contribution in [2.45, 2.75) is 31.7 Å². The number of hydrogen-bond acceptors (Lipinski definition) is 6. The molecule has 0 aliphatic heterocycles. The fourth-order valence-electron chi connectivity index (χ4n) is 3.84. The molecule has 2 heterocycles. The molecule has 0 saturated heterocycles. The highest BCUT2D eigenvalue weighted by molar-refractivity contribution is 7.99. The van der Waals surface area contributed by atoms with E-state index in [1.54, 1.807) is 42.9 Å². The van der Waals surface area contributed by atoms with Gasteiger partial charge in [-0.15, -0.1) is 16.8 Å². The molecule has 12 heteroatoms. The number of nitrogens with zero attached hydrogens (tertiary/aromatic N) is 5. The number of halogens is 2. The molecule has 0 aliphatic carbocycles. The molecule has 38 heavy (non-hydrogen) atoms. The van der Waals surface area contributed by atoms with Crippen LogP contribution in [0.5, 0.6) is 5.75 Å². The maximum atomic E-state index is 13.1. The summed E-state index contributed by atoms with van der Waals surface area (Å²) in [6, 6.07) is 14.2. The van der Waals surface area contributed by atoms with Crippen LogP contribution in [-0.2, 0) is 18.4 Å². The van der Waals surface area contributed by atoms with E-state index in [0.717, 1.165) is 0 Å². The Kier molecular flexibility index (Phi) is 8.65. The maximum Gasteiger partial charge on any atom is 0.295 e. The van der Waals surface area contributed by atoms with Crippen molar-refractivity contribution in [1.82, 2.24) is 24.1 Å². The molecule has 0 aliphatic rings. The van der Waals surface area contributed by atoms with Crippen LogP contribution in [0.1, 0.15) is 24.5 Å². The van der Waals surface area contributed by atoms with Crippen LogP contribution in [0.2, 0.25) is 10.0 Å². The first-order chi connectivity index (χ1) is 18.2. The van der Waals surface area contributed by atoms with E-state index in [4.69, 9.17) is 27.9 Å². The monoisotopic (exact) mass is 572 g/mol. The summed E-state index contributed by atoms with van der Waals surface area (Å²) in [6.45, 7) is 7.83. The van der Waals surface area contributed by atoms with Gasteiger partial charge in [0.15, 0.2) is 17.1 Å². The molecule has 0 bridgehead atoms. The summed E-state index contributed by atoms with van der Waals surface area (Å²) in [5, 5.41) is 12.7. The Morgan fingerprint density at radius 1 is 1.21 bits per heavy atom. The standard InChI is InChI=1S/C26H26Cl2N6O3S/c1-5-13-33-24(17(3)37-21-12-11-18(27)14-20(21)28)30-31-26(33)38-15-22(35)29-23-16(2)32(4)34(25(23)36)19-9-7-6-8-10-19/h5-12,14,17H,1,13,15H2,2-4H3,(H,29,35). The Hall–Kier alpha value is -3.47. The SMILES string of the molecule is C=CCn1c(SCC(=O)Nc2c(C)n(C)n(-c3ccccc3)c2=O)nnc1C(C)Oc1ccc(Cl)cc1Cl. The molecule has 2 aromatic carbocycles. The van der Waals surface area contributed by atoms with Crippen molar-refractivity contribution >= 4 is 46.6 Å². The van der Waals surface area contributed by atoms with Crippen LogP contribution < -0.4 is 15.6 Å². The van der Waals surface area contributed by atoms with Gasteiger partial charge in [-0.05, 0) is 44.2 Å². The first-order valence-electron chi connectivity index (χ1n) is 11.6. The predicted molar refractivity (Wildman–Crippen MR) is 151 cm³/mol. The topological polar surface area (TPSA) is 96.0 Å². The van der Waals surface area contributed by atoms with E-state index < -0.39 is 6.10 Å². The highest BCUT2D eigenvalue weighted by Crippen LogP contribution is 2.32. The number of allylic oxidation sites excluding steroid dienone is 1. The number of carbonyl (C=O) groups excluding carboxylic acids is 1. The van der Waals surface area contributed by atoms with Gasteiger partial charge in [0.1, 0.15) is 11.4 Å². The van der Waals surface area contributed by atoms with E-state index in [2.05, 4.69) is 22.1 Å². The summed E-state index contributed by atoms with van der Waals surface area (Å²) in [5.74, 6) is 0.688. The predicted octanol–water partition coefficient (Wildman–Crippen LogP) is 5.44. The van der Waals surface area contributed by atoms with Crippen LogP contribution in [0.15, 0.2) is 71.1 Å². The van der Waals surface area contributed by atoms with E-state index in [0.29, 0.717) is 44.7 Å². The van der Waals surface area contributed by atoms with Gasteiger partial charge < -0.3 is 10.1 Å². The van der Waals surface area contributed by atoms with Crippen LogP contribution in [0.4, 0.5) is 5.69 Å². The van der Waals surface area contributed by atoms with Gasteiger partial charge in [0, 0.05) is 18.6 Å². The van der Waals surface area contributed by atoms with Crippen LogP contribution in [0.25, 0.3) is 5.69 Å². The van der Waals surface area contributed by atoms with Gasteiger partial charge >= 0.3 is 0 Å². The Bertz CT molecular complexity index is 1530. The minimum Gasteiger partial charge on any atom is -0.481 e. The second-order valence-electron chi connectivity index (χ2n) is 8.35.